The third-order valence-electron chi connectivity index (χ3n) is 5.19. The molecule has 0 aliphatic carbocycles. The van der Waals surface area contributed by atoms with E-state index in [2.05, 4.69) is 44.0 Å². The summed E-state index contributed by atoms with van der Waals surface area (Å²) in [4.78, 5) is 13.5. The summed E-state index contributed by atoms with van der Waals surface area (Å²) >= 11 is 1.68. The normalized spacial score (nSPS) is 14.9. The number of piperazine rings is 1. The number of thiazole rings is 1. The zero-order valence-corrected chi connectivity index (χ0v) is 17.8. The van der Waals surface area contributed by atoms with Crippen molar-refractivity contribution in [2.24, 2.45) is 10.7 Å². The van der Waals surface area contributed by atoms with Crippen LogP contribution in [0, 0.1) is 0 Å². The Morgan fingerprint density at radius 2 is 1.70 bits per heavy atom. The summed E-state index contributed by atoms with van der Waals surface area (Å²) in [7, 11) is 0. The Kier molecular flexibility index (Phi) is 6.95. The number of anilines is 1. The van der Waals surface area contributed by atoms with Gasteiger partial charge in [-0.25, -0.2) is 9.98 Å². The number of nitrogens with two attached hydrogens (primary N) is 1. The number of aromatic nitrogens is 1. The molecule has 1 fully saturated rings. The van der Waals surface area contributed by atoms with E-state index in [1.54, 1.807) is 11.3 Å². The van der Waals surface area contributed by atoms with Crippen molar-refractivity contribution in [1.29, 1.82) is 0 Å². The first-order chi connectivity index (χ1) is 14.8. The van der Waals surface area contributed by atoms with Gasteiger partial charge in [0, 0.05) is 37.8 Å². The molecule has 156 valence electrons. The molecule has 0 amide bonds. The Bertz CT molecular complexity index is 937. The van der Waals surface area contributed by atoms with E-state index in [4.69, 9.17) is 10.5 Å². The summed E-state index contributed by atoms with van der Waals surface area (Å²) in [6, 6.07) is 18.5. The average Bonchev–Trinajstić information content (AvgIpc) is 3.34. The topological polar surface area (TPSA) is 67.0 Å². The van der Waals surface area contributed by atoms with Crippen molar-refractivity contribution in [3.63, 3.8) is 0 Å². The first kappa shape index (κ1) is 20.4. The fraction of sp³-hybridized carbons (Fsp3) is 0.304. The molecule has 0 unspecified atom stereocenters. The second-order valence-corrected chi connectivity index (χ2v) is 8.08. The van der Waals surface area contributed by atoms with E-state index < -0.39 is 0 Å². The third-order valence-corrected chi connectivity index (χ3v) is 6.02. The van der Waals surface area contributed by atoms with Crippen molar-refractivity contribution in [3.8, 4) is 0 Å². The second-order valence-electron chi connectivity index (χ2n) is 7.21. The highest BCUT2D eigenvalue weighted by atomic mass is 32.1. The van der Waals surface area contributed by atoms with Crippen molar-refractivity contribution >= 4 is 22.4 Å². The van der Waals surface area contributed by atoms with Crippen LogP contribution in [0.15, 0.2) is 71.2 Å². The highest BCUT2D eigenvalue weighted by Gasteiger charge is 2.19. The SMILES string of the molecule is NC(=NCc1ccccc1COCc1ccccc1)N1CCN(c2nccs2)CC1. The Morgan fingerprint density at radius 1 is 0.967 bits per heavy atom. The Morgan fingerprint density at radius 3 is 2.43 bits per heavy atom. The molecular weight excluding hydrogens is 394 g/mol. The smallest absolute Gasteiger partial charge is 0.191 e. The minimum absolute atomic E-state index is 0.559. The fourth-order valence-corrected chi connectivity index (χ4v) is 4.17. The highest BCUT2D eigenvalue weighted by Crippen LogP contribution is 2.19. The molecule has 1 saturated heterocycles. The van der Waals surface area contributed by atoms with Crippen LogP contribution in [0.1, 0.15) is 16.7 Å². The van der Waals surface area contributed by atoms with Gasteiger partial charge in [-0.3, -0.25) is 0 Å². The van der Waals surface area contributed by atoms with E-state index >= 15 is 0 Å². The predicted molar refractivity (Wildman–Crippen MR) is 123 cm³/mol. The third kappa shape index (κ3) is 5.37. The number of hydrogen-bond acceptors (Lipinski definition) is 5. The highest BCUT2D eigenvalue weighted by molar-refractivity contribution is 7.13. The van der Waals surface area contributed by atoms with Gasteiger partial charge in [-0.05, 0) is 16.7 Å². The van der Waals surface area contributed by atoms with Gasteiger partial charge in [0.1, 0.15) is 0 Å². The molecule has 2 heterocycles. The molecule has 30 heavy (non-hydrogen) atoms. The second kappa shape index (κ2) is 10.2. The lowest BCUT2D eigenvalue weighted by molar-refractivity contribution is 0.106. The Labute approximate surface area is 181 Å². The number of nitrogens with zero attached hydrogens (tertiary/aromatic N) is 4. The quantitative estimate of drug-likeness (QED) is 0.467. The van der Waals surface area contributed by atoms with Crippen LogP contribution in [0.2, 0.25) is 0 Å². The van der Waals surface area contributed by atoms with Crippen LogP contribution in [0.5, 0.6) is 0 Å². The molecule has 0 bridgehead atoms. The minimum Gasteiger partial charge on any atom is -0.372 e. The number of guanidine groups is 1. The van der Waals surface area contributed by atoms with Gasteiger partial charge in [0.25, 0.3) is 0 Å². The lowest BCUT2D eigenvalue weighted by Crippen LogP contribution is -2.51. The maximum Gasteiger partial charge on any atom is 0.191 e. The van der Waals surface area contributed by atoms with E-state index in [-0.39, 0.29) is 0 Å². The van der Waals surface area contributed by atoms with E-state index in [9.17, 15) is 0 Å². The van der Waals surface area contributed by atoms with E-state index in [1.165, 1.54) is 5.56 Å². The van der Waals surface area contributed by atoms with Crippen LogP contribution < -0.4 is 10.6 Å². The number of ether oxygens (including phenoxy) is 1. The van der Waals surface area contributed by atoms with Gasteiger partial charge in [-0.15, -0.1) is 11.3 Å². The molecular formula is C23H27N5OS. The van der Waals surface area contributed by atoms with Gasteiger partial charge in [-0.1, -0.05) is 54.6 Å². The lowest BCUT2D eigenvalue weighted by Gasteiger charge is -2.35. The minimum atomic E-state index is 0.559. The molecule has 0 saturated carbocycles. The molecule has 0 spiro atoms. The molecule has 3 aromatic rings. The summed E-state index contributed by atoms with van der Waals surface area (Å²) in [5.74, 6) is 0.605. The van der Waals surface area contributed by atoms with Crippen LogP contribution in [-0.2, 0) is 24.5 Å². The number of hydrogen-bond donors (Lipinski definition) is 1. The van der Waals surface area contributed by atoms with Gasteiger partial charge in [0.05, 0.1) is 19.8 Å². The Balaban J connectivity index is 1.30. The average molecular weight is 422 g/mol. The number of rotatable bonds is 7. The maximum atomic E-state index is 6.30. The Hall–Kier alpha value is -2.90. The van der Waals surface area contributed by atoms with Gasteiger partial charge in [-0.2, -0.15) is 0 Å². The van der Waals surface area contributed by atoms with Crippen molar-refractivity contribution < 1.29 is 4.74 Å². The van der Waals surface area contributed by atoms with Crippen LogP contribution >= 0.6 is 11.3 Å². The van der Waals surface area contributed by atoms with Crippen LogP contribution in [0.3, 0.4) is 0 Å². The van der Waals surface area contributed by atoms with E-state index in [0.717, 1.165) is 42.4 Å². The summed E-state index contributed by atoms with van der Waals surface area (Å²) in [6.07, 6.45) is 1.85. The molecule has 7 heteroatoms. The molecule has 1 aliphatic rings. The number of aliphatic imine (C=N–C) groups is 1. The zero-order valence-electron chi connectivity index (χ0n) is 17.0. The van der Waals surface area contributed by atoms with Crippen molar-refractivity contribution in [2.75, 3.05) is 31.1 Å². The van der Waals surface area contributed by atoms with Gasteiger partial charge >= 0.3 is 0 Å². The molecule has 0 radical (unpaired) electrons. The lowest BCUT2D eigenvalue weighted by atomic mass is 10.1. The molecule has 2 N–H and O–H groups in total. The van der Waals surface area contributed by atoms with Crippen molar-refractivity contribution in [2.45, 2.75) is 19.8 Å². The van der Waals surface area contributed by atoms with E-state index in [0.29, 0.717) is 25.7 Å². The van der Waals surface area contributed by atoms with Crippen molar-refractivity contribution in [1.82, 2.24) is 9.88 Å². The molecule has 6 nitrogen and oxygen atoms in total. The van der Waals surface area contributed by atoms with Gasteiger partial charge in [0.15, 0.2) is 11.1 Å². The van der Waals surface area contributed by atoms with Gasteiger partial charge in [0.2, 0.25) is 0 Å². The number of benzene rings is 2. The standard InChI is InChI=1S/C23H27N5OS/c24-22(27-11-13-28(14-12-27)23-25-10-15-30-23)26-16-20-8-4-5-9-21(20)18-29-17-19-6-2-1-3-7-19/h1-10,15H,11-14,16-18H2,(H2,24,26). The molecule has 1 aromatic heterocycles. The first-order valence-corrected chi connectivity index (χ1v) is 11.1. The van der Waals surface area contributed by atoms with Gasteiger partial charge < -0.3 is 20.3 Å². The maximum absolute atomic E-state index is 6.30. The van der Waals surface area contributed by atoms with Crippen LogP contribution in [0.25, 0.3) is 0 Å². The van der Waals surface area contributed by atoms with Crippen LogP contribution in [-0.4, -0.2) is 42.0 Å². The fourth-order valence-electron chi connectivity index (χ4n) is 3.47. The zero-order chi connectivity index (χ0) is 20.6. The molecule has 0 atom stereocenters. The summed E-state index contributed by atoms with van der Waals surface area (Å²) in [5.41, 5.74) is 9.77. The summed E-state index contributed by atoms with van der Waals surface area (Å²) in [6.45, 7) is 5.26. The first-order valence-electron chi connectivity index (χ1n) is 10.2. The molecule has 2 aromatic carbocycles. The molecule has 1 aliphatic heterocycles. The monoisotopic (exact) mass is 421 g/mol. The molecule has 4 rings (SSSR count). The predicted octanol–water partition coefficient (Wildman–Crippen LogP) is 3.50. The van der Waals surface area contributed by atoms with Crippen LogP contribution in [0.4, 0.5) is 5.13 Å². The van der Waals surface area contributed by atoms with Crippen molar-refractivity contribution in [3.05, 3.63) is 82.9 Å². The van der Waals surface area contributed by atoms with E-state index in [1.807, 2.05) is 41.9 Å². The largest absolute Gasteiger partial charge is 0.372 e. The summed E-state index contributed by atoms with van der Waals surface area (Å²) < 4.78 is 5.92. The summed E-state index contributed by atoms with van der Waals surface area (Å²) in [5, 5.41) is 3.09.